The van der Waals surface area contributed by atoms with Crippen molar-refractivity contribution < 1.29 is 5.11 Å². The van der Waals surface area contributed by atoms with Crippen molar-refractivity contribution in [1.29, 1.82) is 0 Å². The third-order valence-electron chi connectivity index (χ3n) is 5.22. The van der Waals surface area contributed by atoms with Gasteiger partial charge in [0.15, 0.2) is 0 Å². The Morgan fingerprint density at radius 2 is 1.41 bits per heavy atom. The first-order chi connectivity index (χ1) is 12.8. The summed E-state index contributed by atoms with van der Waals surface area (Å²) in [7, 11) is 0. The number of phenols is 1. The summed E-state index contributed by atoms with van der Waals surface area (Å²) in [6.07, 6.45) is 0. The highest BCUT2D eigenvalue weighted by atomic mass is 16.3. The van der Waals surface area contributed by atoms with Crippen molar-refractivity contribution in [2.24, 2.45) is 0 Å². The van der Waals surface area contributed by atoms with Crippen LogP contribution in [0.25, 0.3) is 0 Å². The highest BCUT2D eigenvalue weighted by Crippen LogP contribution is 2.46. The van der Waals surface area contributed by atoms with Gasteiger partial charge in [0.1, 0.15) is 12.4 Å². The predicted molar refractivity (Wildman–Crippen MR) is 114 cm³/mol. The summed E-state index contributed by atoms with van der Waals surface area (Å²) < 4.78 is 0. The highest BCUT2D eigenvalue weighted by Gasteiger charge is 2.29. The molecule has 0 fully saturated rings. The van der Waals surface area contributed by atoms with E-state index in [0.29, 0.717) is 12.4 Å². The minimum Gasteiger partial charge on any atom is -0.506 e. The number of benzene rings is 3. The van der Waals surface area contributed by atoms with Crippen LogP contribution in [0, 0.1) is 6.92 Å². The summed E-state index contributed by atoms with van der Waals surface area (Å²) in [4.78, 5) is 4.48. The van der Waals surface area contributed by atoms with Crippen LogP contribution in [0.5, 0.6) is 5.75 Å². The maximum atomic E-state index is 10.6. The molecule has 0 saturated heterocycles. The maximum absolute atomic E-state index is 10.6. The summed E-state index contributed by atoms with van der Waals surface area (Å²) in [5.74, 6) is 0.309. The normalized spacial score (nSPS) is 13.8. The average Bonchev–Trinajstić information content (AvgIpc) is 3.01. The number of fused-ring (bicyclic) bond motifs is 1. The van der Waals surface area contributed by atoms with Crippen LogP contribution in [0.4, 0.5) is 22.7 Å². The van der Waals surface area contributed by atoms with Gasteiger partial charge in [0.05, 0.1) is 17.1 Å². The molecule has 0 spiro atoms. The summed E-state index contributed by atoms with van der Waals surface area (Å²) in [5, 5.41) is 10.6. The minimum atomic E-state index is 0.0261. The Hall–Kier alpha value is -2.94. The second kappa shape index (κ2) is 6.34. The number of hydrogen-bond donors (Lipinski definition) is 1. The summed E-state index contributed by atoms with van der Waals surface area (Å²) >= 11 is 0. The molecule has 3 heteroatoms. The van der Waals surface area contributed by atoms with Gasteiger partial charge in [-0.05, 0) is 54.3 Å². The number of anilines is 4. The maximum Gasteiger partial charge on any atom is 0.139 e. The van der Waals surface area contributed by atoms with Gasteiger partial charge in [-0.2, -0.15) is 0 Å². The van der Waals surface area contributed by atoms with Gasteiger partial charge in [-0.1, -0.05) is 56.7 Å². The van der Waals surface area contributed by atoms with Gasteiger partial charge in [0.25, 0.3) is 0 Å². The Kier molecular flexibility index (Phi) is 4.11. The smallest absolute Gasteiger partial charge is 0.139 e. The quantitative estimate of drug-likeness (QED) is 0.587. The Morgan fingerprint density at radius 3 is 2.04 bits per heavy atom. The van der Waals surface area contributed by atoms with Crippen LogP contribution in [-0.4, -0.2) is 11.8 Å². The molecule has 0 aromatic heterocycles. The van der Waals surface area contributed by atoms with E-state index in [1.54, 1.807) is 0 Å². The number of nitrogens with zero attached hydrogens (tertiary/aromatic N) is 2. The predicted octanol–water partition coefficient (Wildman–Crippen LogP) is 6.25. The number of para-hydroxylation sites is 2. The molecule has 0 saturated carbocycles. The molecule has 0 unspecified atom stereocenters. The first kappa shape index (κ1) is 17.5. The number of rotatable bonds is 2. The van der Waals surface area contributed by atoms with E-state index < -0.39 is 0 Å². The average molecular weight is 358 g/mol. The Bertz CT molecular complexity index is 970. The van der Waals surface area contributed by atoms with Crippen LogP contribution in [0.2, 0.25) is 0 Å². The highest BCUT2D eigenvalue weighted by molar-refractivity contribution is 5.88. The molecule has 1 heterocycles. The fourth-order valence-corrected chi connectivity index (χ4v) is 3.57. The van der Waals surface area contributed by atoms with Crippen molar-refractivity contribution in [3.63, 3.8) is 0 Å². The lowest BCUT2D eigenvalue weighted by molar-refractivity contribution is 0.474. The van der Waals surface area contributed by atoms with Crippen LogP contribution in [0.3, 0.4) is 0 Å². The Morgan fingerprint density at radius 1 is 0.778 bits per heavy atom. The van der Waals surface area contributed by atoms with Crippen molar-refractivity contribution in [1.82, 2.24) is 0 Å². The lowest BCUT2D eigenvalue weighted by Crippen LogP contribution is -2.24. The first-order valence-electron chi connectivity index (χ1n) is 9.39. The zero-order valence-corrected chi connectivity index (χ0v) is 16.4. The second-order valence-electron chi connectivity index (χ2n) is 8.28. The van der Waals surface area contributed by atoms with Gasteiger partial charge in [-0.3, -0.25) is 0 Å². The van der Waals surface area contributed by atoms with Gasteiger partial charge >= 0.3 is 0 Å². The van der Waals surface area contributed by atoms with Gasteiger partial charge < -0.3 is 14.9 Å². The van der Waals surface area contributed by atoms with E-state index in [9.17, 15) is 5.11 Å². The molecule has 138 valence electrons. The molecule has 27 heavy (non-hydrogen) atoms. The van der Waals surface area contributed by atoms with E-state index in [4.69, 9.17) is 0 Å². The molecule has 0 amide bonds. The molecule has 0 aliphatic carbocycles. The molecule has 1 aliphatic rings. The molecule has 1 aliphatic heterocycles. The van der Waals surface area contributed by atoms with Crippen molar-refractivity contribution in [3.05, 3.63) is 77.9 Å². The number of hydrogen-bond acceptors (Lipinski definition) is 3. The topological polar surface area (TPSA) is 26.7 Å². The van der Waals surface area contributed by atoms with Crippen molar-refractivity contribution in [3.8, 4) is 5.75 Å². The van der Waals surface area contributed by atoms with Crippen LogP contribution in [-0.2, 0) is 5.41 Å². The SMILES string of the molecule is Cc1ccc(N2CN(c3cc(C(C)(C)C)ccc3O)c3ccccc32)cc1. The fraction of sp³-hybridized carbons (Fsp3) is 0.250. The number of aryl methyl sites for hydroxylation is 1. The summed E-state index contributed by atoms with van der Waals surface area (Å²) in [6, 6.07) is 22.9. The minimum absolute atomic E-state index is 0.0261. The molecule has 4 rings (SSSR count). The molecule has 3 aromatic carbocycles. The summed E-state index contributed by atoms with van der Waals surface area (Å²) in [6.45, 7) is 9.35. The van der Waals surface area contributed by atoms with Crippen LogP contribution in [0.15, 0.2) is 66.7 Å². The molecule has 3 nitrogen and oxygen atoms in total. The van der Waals surface area contributed by atoms with E-state index in [-0.39, 0.29) is 5.41 Å². The van der Waals surface area contributed by atoms with Gasteiger partial charge in [-0.25, -0.2) is 0 Å². The first-order valence-corrected chi connectivity index (χ1v) is 9.39. The van der Waals surface area contributed by atoms with Gasteiger partial charge in [-0.15, -0.1) is 0 Å². The van der Waals surface area contributed by atoms with Gasteiger partial charge in [0, 0.05) is 5.69 Å². The van der Waals surface area contributed by atoms with Crippen LogP contribution in [0.1, 0.15) is 31.9 Å². The third kappa shape index (κ3) is 3.14. The third-order valence-corrected chi connectivity index (χ3v) is 5.22. The second-order valence-corrected chi connectivity index (χ2v) is 8.28. The zero-order valence-electron chi connectivity index (χ0n) is 16.4. The number of phenolic OH excluding ortho intramolecular Hbond substituents is 1. The molecule has 3 aromatic rings. The Labute approximate surface area is 161 Å². The lowest BCUT2D eigenvalue weighted by atomic mass is 9.86. The van der Waals surface area contributed by atoms with E-state index in [1.807, 2.05) is 12.1 Å². The zero-order chi connectivity index (χ0) is 19.2. The van der Waals surface area contributed by atoms with Crippen molar-refractivity contribution >= 4 is 22.7 Å². The largest absolute Gasteiger partial charge is 0.506 e. The van der Waals surface area contributed by atoms with Crippen LogP contribution >= 0.6 is 0 Å². The lowest BCUT2D eigenvalue weighted by Gasteiger charge is -2.26. The molecule has 0 atom stereocenters. The van der Waals surface area contributed by atoms with Gasteiger partial charge in [0.2, 0.25) is 0 Å². The summed E-state index contributed by atoms with van der Waals surface area (Å²) in [5.41, 5.74) is 6.76. The molecule has 0 bridgehead atoms. The molecule has 1 N–H and O–H groups in total. The van der Waals surface area contributed by atoms with Crippen molar-refractivity contribution in [2.75, 3.05) is 16.5 Å². The molecule has 0 radical (unpaired) electrons. The van der Waals surface area contributed by atoms with Crippen molar-refractivity contribution in [2.45, 2.75) is 33.1 Å². The molecular formula is C24H26N2O. The van der Waals surface area contributed by atoms with E-state index >= 15 is 0 Å². The van der Waals surface area contributed by atoms with E-state index in [2.05, 4.69) is 92.1 Å². The number of aromatic hydroxyl groups is 1. The Balaban J connectivity index is 1.80. The monoisotopic (exact) mass is 358 g/mol. The standard InChI is InChI=1S/C24H26N2O/c1-17-9-12-19(13-10-17)25-16-26(21-8-6-5-7-20(21)25)22-15-18(24(2,3)4)11-14-23(22)27/h5-15,27H,16H2,1-4H3. The fourth-order valence-electron chi connectivity index (χ4n) is 3.57. The van der Waals surface area contributed by atoms with Crippen LogP contribution < -0.4 is 9.80 Å². The van der Waals surface area contributed by atoms with E-state index in [1.165, 1.54) is 11.1 Å². The molecular weight excluding hydrogens is 332 g/mol. The van der Waals surface area contributed by atoms with E-state index in [0.717, 1.165) is 22.7 Å².